The van der Waals surface area contributed by atoms with E-state index in [-0.39, 0.29) is 17.0 Å². The van der Waals surface area contributed by atoms with Gasteiger partial charge in [0, 0.05) is 16.8 Å². The third-order valence-corrected chi connectivity index (χ3v) is 5.35. The second kappa shape index (κ2) is 9.94. The largest absolute Gasteiger partial charge is 0.508 e. The second-order valence-corrected chi connectivity index (χ2v) is 8.68. The molecule has 1 atom stereocenters. The number of carbonyl (C=O) groups excluding carboxylic acids is 1. The molecule has 3 N–H and O–H groups in total. The molecule has 3 aromatic rings. The predicted molar refractivity (Wildman–Crippen MR) is 126 cm³/mol. The van der Waals surface area contributed by atoms with E-state index in [0.29, 0.717) is 22.4 Å². The van der Waals surface area contributed by atoms with Crippen LogP contribution < -0.4 is 5.32 Å². The fraction of sp³-hybridized carbons (Fsp3) is 0.222. The molecule has 1 aromatic heterocycles. The molecule has 2 aromatic carbocycles. The molecule has 0 radical (unpaired) electrons. The number of carboxylic acid groups (broad SMARTS) is 1. The number of carboxylic acids is 1. The Kier molecular flexibility index (Phi) is 7.20. The molecule has 0 unspecified atom stereocenters. The number of aromatic nitrogens is 1. The van der Waals surface area contributed by atoms with Gasteiger partial charge in [-0.3, -0.25) is 9.59 Å². The molecule has 0 saturated heterocycles. The van der Waals surface area contributed by atoms with Crippen LogP contribution >= 0.6 is 0 Å². The lowest BCUT2D eigenvalue weighted by molar-refractivity contribution is -0.143. The first-order valence-corrected chi connectivity index (χ1v) is 10.7. The molecular formula is C27H24F2N2O4. The van der Waals surface area contributed by atoms with Crippen LogP contribution in [-0.2, 0) is 4.79 Å². The Morgan fingerprint density at radius 2 is 1.77 bits per heavy atom. The Morgan fingerprint density at radius 3 is 2.43 bits per heavy atom. The lowest BCUT2D eigenvalue weighted by atomic mass is 9.94. The van der Waals surface area contributed by atoms with Crippen molar-refractivity contribution >= 4 is 11.9 Å². The van der Waals surface area contributed by atoms with Crippen LogP contribution in [0.4, 0.5) is 8.78 Å². The molecule has 8 heteroatoms. The minimum absolute atomic E-state index is 0.0316. The zero-order valence-corrected chi connectivity index (χ0v) is 19.6. The van der Waals surface area contributed by atoms with E-state index >= 15 is 0 Å². The van der Waals surface area contributed by atoms with Gasteiger partial charge in [-0.05, 0) is 75.2 Å². The summed E-state index contributed by atoms with van der Waals surface area (Å²) in [5, 5.41) is 22.3. The van der Waals surface area contributed by atoms with Crippen LogP contribution in [0.25, 0.3) is 0 Å². The van der Waals surface area contributed by atoms with Gasteiger partial charge in [-0.15, -0.1) is 0 Å². The number of hydrogen-bond acceptors (Lipinski definition) is 4. The number of phenols is 1. The summed E-state index contributed by atoms with van der Waals surface area (Å²) < 4.78 is 28.3. The summed E-state index contributed by atoms with van der Waals surface area (Å²) in [5.41, 5.74) is 0.224. The van der Waals surface area contributed by atoms with E-state index in [9.17, 15) is 28.6 Å². The lowest BCUT2D eigenvalue weighted by Crippen LogP contribution is -2.30. The molecule has 0 bridgehead atoms. The van der Waals surface area contributed by atoms with Gasteiger partial charge in [0.15, 0.2) is 0 Å². The molecule has 0 aliphatic rings. The van der Waals surface area contributed by atoms with Crippen molar-refractivity contribution in [3.8, 4) is 17.6 Å². The number of aromatic hydroxyl groups is 1. The molecule has 0 aliphatic heterocycles. The maximum Gasteiger partial charge on any atom is 0.321 e. The summed E-state index contributed by atoms with van der Waals surface area (Å²) in [6.45, 7) is 6.15. The van der Waals surface area contributed by atoms with Crippen LogP contribution in [0.5, 0.6) is 5.75 Å². The Balaban J connectivity index is 2.03. The minimum Gasteiger partial charge on any atom is -0.508 e. The molecule has 0 aliphatic carbocycles. The number of amides is 1. The van der Waals surface area contributed by atoms with Gasteiger partial charge >= 0.3 is 5.97 Å². The molecule has 3 rings (SSSR count). The first kappa shape index (κ1) is 25.4. The average Bonchev–Trinajstić information content (AvgIpc) is 2.79. The summed E-state index contributed by atoms with van der Waals surface area (Å²) in [4.78, 5) is 28.7. The molecule has 35 heavy (non-hydrogen) atoms. The zero-order valence-electron chi connectivity index (χ0n) is 19.6. The number of nitrogens with zero attached hydrogens (tertiary/aromatic N) is 1. The van der Waals surface area contributed by atoms with Gasteiger partial charge in [-0.25, -0.2) is 13.8 Å². The van der Waals surface area contributed by atoms with Gasteiger partial charge in [0.2, 0.25) is 0 Å². The van der Waals surface area contributed by atoms with Gasteiger partial charge in [0.25, 0.3) is 5.91 Å². The fourth-order valence-electron chi connectivity index (χ4n) is 3.23. The number of aliphatic carboxylic acids is 1. The van der Waals surface area contributed by atoms with Gasteiger partial charge in [0.05, 0.1) is 6.04 Å². The van der Waals surface area contributed by atoms with E-state index in [1.165, 1.54) is 32.0 Å². The summed E-state index contributed by atoms with van der Waals surface area (Å²) in [6, 6.07) is 9.49. The number of halogens is 2. The summed E-state index contributed by atoms with van der Waals surface area (Å²) in [5.74, 6) is 2.21. The highest BCUT2D eigenvalue weighted by Crippen LogP contribution is 2.31. The number of hydrogen-bond donors (Lipinski definition) is 3. The SMILES string of the molecule is Cc1cc(C#CC(C)(C)C(=O)O)cc(C(=O)N[C@@H](c2ccc(C)c(F)c2)c2cc(F)ccc2O)n1. The normalized spacial score (nSPS) is 11.8. The highest BCUT2D eigenvalue weighted by atomic mass is 19.1. The van der Waals surface area contributed by atoms with Crippen molar-refractivity contribution < 1.29 is 28.6 Å². The monoisotopic (exact) mass is 478 g/mol. The number of benzene rings is 2. The number of carbonyl (C=O) groups is 2. The topological polar surface area (TPSA) is 99.5 Å². The van der Waals surface area contributed by atoms with Crippen molar-refractivity contribution in [1.29, 1.82) is 0 Å². The van der Waals surface area contributed by atoms with E-state index in [1.54, 1.807) is 26.0 Å². The van der Waals surface area contributed by atoms with E-state index in [4.69, 9.17) is 0 Å². The summed E-state index contributed by atoms with van der Waals surface area (Å²) >= 11 is 0. The van der Waals surface area contributed by atoms with Crippen LogP contribution in [0.15, 0.2) is 48.5 Å². The van der Waals surface area contributed by atoms with E-state index in [2.05, 4.69) is 22.1 Å². The van der Waals surface area contributed by atoms with Crippen LogP contribution in [0.2, 0.25) is 0 Å². The maximum absolute atomic E-state index is 14.3. The average molecular weight is 478 g/mol. The lowest BCUT2D eigenvalue weighted by Gasteiger charge is -2.21. The van der Waals surface area contributed by atoms with Crippen molar-refractivity contribution in [3.63, 3.8) is 0 Å². The Morgan fingerprint density at radius 1 is 1.06 bits per heavy atom. The number of rotatable bonds is 5. The Bertz CT molecular complexity index is 1370. The third-order valence-electron chi connectivity index (χ3n) is 5.35. The smallest absolute Gasteiger partial charge is 0.321 e. The van der Waals surface area contributed by atoms with Crippen LogP contribution in [-0.4, -0.2) is 27.1 Å². The van der Waals surface area contributed by atoms with E-state index in [1.807, 2.05) is 0 Å². The van der Waals surface area contributed by atoms with E-state index < -0.39 is 35.0 Å². The Hall–Kier alpha value is -4.25. The first-order valence-electron chi connectivity index (χ1n) is 10.7. The molecule has 1 amide bonds. The number of phenolic OH excluding ortho intramolecular Hbond substituents is 1. The highest BCUT2D eigenvalue weighted by Gasteiger charge is 2.25. The second-order valence-electron chi connectivity index (χ2n) is 8.68. The minimum atomic E-state index is -1.30. The van der Waals surface area contributed by atoms with Crippen LogP contribution in [0, 0.1) is 42.7 Å². The molecule has 0 saturated carbocycles. The number of pyridine rings is 1. The molecule has 1 heterocycles. The van der Waals surface area contributed by atoms with Crippen molar-refractivity contribution in [1.82, 2.24) is 10.3 Å². The fourth-order valence-corrected chi connectivity index (χ4v) is 3.23. The Labute approximate surface area is 201 Å². The van der Waals surface area contributed by atoms with Gasteiger partial charge in [-0.1, -0.05) is 24.0 Å². The van der Waals surface area contributed by atoms with Crippen molar-refractivity contribution in [2.45, 2.75) is 33.7 Å². The molecule has 0 fully saturated rings. The standard InChI is InChI=1S/C27H24F2N2O4/c1-15-5-6-18(13-21(15)29)24(20-14-19(28)7-8-23(20)32)31-25(33)22-12-17(11-16(2)30-22)9-10-27(3,4)26(34)35/h5-8,11-14,24,32H,1-4H3,(H,31,33)(H,34,35)/t24-/m0/s1. The zero-order chi connectivity index (χ0) is 25.9. The predicted octanol–water partition coefficient (Wildman–Crippen LogP) is 4.66. The van der Waals surface area contributed by atoms with Gasteiger partial charge < -0.3 is 15.5 Å². The quantitative estimate of drug-likeness (QED) is 0.463. The number of nitrogens with one attached hydrogen (secondary N) is 1. The van der Waals surface area contributed by atoms with Crippen LogP contribution in [0.3, 0.4) is 0 Å². The van der Waals surface area contributed by atoms with Gasteiger partial charge in [-0.2, -0.15) is 0 Å². The summed E-state index contributed by atoms with van der Waals surface area (Å²) in [7, 11) is 0. The number of aryl methyl sites for hydroxylation is 2. The third kappa shape index (κ3) is 6.01. The van der Waals surface area contributed by atoms with Crippen molar-refractivity contribution in [2.24, 2.45) is 5.41 Å². The first-order chi connectivity index (χ1) is 16.4. The van der Waals surface area contributed by atoms with Crippen molar-refractivity contribution in [3.05, 3.63) is 93.8 Å². The van der Waals surface area contributed by atoms with E-state index in [0.717, 1.165) is 18.2 Å². The molecule has 0 spiro atoms. The summed E-state index contributed by atoms with van der Waals surface area (Å²) in [6.07, 6.45) is 0. The molecule has 6 nitrogen and oxygen atoms in total. The van der Waals surface area contributed by atoms with Crippen molar-refractivity contribution in [2.75, 3.05) is 0 Å². The molecular weight excluding hydrogens is 454 g/mol. The van der Waals surface area contributed by atoms with Gasteiger partial charge in [0.1, 0.15) is 28.5 Å². The highest BCUT2D eigenvalue weighted by molar-refractivity contribution is 5.93. The maximum atomic E-state index is 14.3. The van der Waals surface area contributed by atoms with Crippen LogP contribution in [0.1, 0.15) is 58.3 Å². The molecule has 180 valence electrons.